The van der Waals surface area contributed by atoms with Gasteiger partial charge < -0.3 is 10.4 Å². The number of benzene rings is 2. The van der Waals surface area contributed by atoms with E-state index in [-0.39, 0.29) is 23.9 Å². The van der Waals surface area contributed by atoms with Gasteiger partial charge in [-0.2, -0.15) is 0 Å². The maximum atomic E-state index is 12.1. The fourth-order valence-electron chi connectivity index (χ4n) is 2.76. The van der Waals surface area contributed by atoms with E-state index in [2.05, 4.69) is 24.4 Å². The summed E-state index contributed by atoms with van der Waals surface area (Å²) in [6.07, 6.45) is 1.48. The van der Waals surface area contributed by atoms with Crippen molar-refractivity contribution in [1.82, 2.24) is 5.32 Å². The molecule has 2 aromatic carbocycles. The molecule has 24 heavy (non-hydrogen) atoms. The van der Waals surface area contributed by atoms with Crippen LogP contribution in [0.5, 0.6) is 0 Å². The Kier molecular flexibility index (Phi) is 6.13. The molecule has 1 amide bonds. The largest absolute Gasteiger partial charge is 0.478 e. The molecule has 0 saturated carbocycles. The second kappa shape index (κ2) is 8.29. The summed E-state index contributed by atoms with van der Waals surface area (Å²) >= 11 is 0. The van der Waals surface area contributed by atoms with Crippen molar-refractivity contribution in [3.05, 3.63) is 70.8 Å². The summed E-state index contributed by atoms with van der Waals surface area (Å²) < 4.78 is 0. The second-order valence-electron chi connectivity index (χ2n) is 6.06. The first kappa shape index (κ1) is 17.7. The normalized spacial score (nSPS) is 11.8. The maximum absolute atomic E-state index is 12.1. The standard InChI is InChI=1S/C20H23NO3/c1-14-7-3-4-9-17(14)13-15(2)21-19(22)12-11-16-8-5-6-10-18(16)20(23)24/h3-10,15H,11-13H2,1-2H3,(H,21,22)(H,23,24). The predicted octanol–water partition coefficient (Wildman–Crippen LogP) is 3.37. The van der Waals surface area contributed by atoms with Crippen molar-refractivity contribution < 1.29 is 14.7 Å². The van der Waals surface area contributed by atoms with Crippen LogP contribution in [0.3, 0.4) is 0 Å². The second-order valence-corrected chi connectivity index (χ2v) is 6.06. The SMILES string of the molecule is Cc1ccccc1CC(C)NC(=O)CCc1ccccc1C(=O)O. The number of carbonyl (C=O) groups is 2. The molecular weight excluding hydrogens is 302 g/mol. The van der Waals surface area contributed by atoms with Gasteiger partial charge in [0.2, 0.25) is 5.91 Å². The number of carboxylic acids is 1. The Morgan fingerprint density at radius 1 is 1.04 bits per heavy atom. The van der Waals surface area contributed by atoms with Crippen LogP contribution in [-0.2, 0) is 17.6 Å². The van der Waals surface area contributed by atoms with Crippen molar-refractivity contribution in [2.75, 3.05) is 0 Å². The Balaban J connectivity index is 1.87. The van der Waals surface area contributed by atoms with Crippen LogP contribution in [0.4, 0.5) is 0 Å². The predicted molar refractivity (Wildman–Crippen MR) is 94.2 cm³/mol. The molecule has 2 rings (SSSR count). The molecule has 0 bridgehead atoms. The van der Waals surface area contributed by atoms with E-state index in [1.807, 2.05) is 19.1 Å². The van der Waals surface area contributed by atoms with Gasteiger partial charge in [0, 0.05) is 12.5 Å². The number of hydrogen-bond acceptors (Lipinski definition) is 2. The fraction of sp³-hybridized carbons (Fsp3) is 0.300. The Hall–Kier alpha value is -2.62. The van der Waals surface area contributed by atoms with Gasteiger partial charge in [-0.25, -0.2) is 4.79 Å². The van der Waals surface area contributed by atoms with E-state index in [0.29, 0.717) is 12.0 Å². The third-order valence-electron chi connectivity index (χ3n) is 4.06. The first-order valence-electron chi connectivity index (χ1n) is 8.12. The van der Waals surface area contributed by atoms with Crippen molar-refractivity contribution in [3.8, 4) is 0 Å². The van der Waals surface area contributed by atoms with Crippen LogP contribution in [0, 0.1) is 6.92 Å². The van der Waals surface area contributed by atoms with Gasteiger partial charge in [-0.15, -0.1) is 0 Å². The van der Waals surface area contributed by atoms with E-state index in [0.717, 1.165) is 6.42 Å². The molecule has 1 atom stereocenters. The summed E-state index contributed by atoms with van der Waals surface area (Å²) in [5, 5.41) is 12.2. The summed E-state index contributed by atoms with van der Waals surface area (Å²) in [4.78, 5) is 23.3. The molecule has 4 nitrogen and oxygen atoms in total. The molecule has 2 N–H and O–H groups in total. The number of rotatable bonds is 7. The van der Waals surface area contributed by atoms with Gasteiger partial charge in [0.05, 0.1) is 5.56 Å². The third kappa shape index (κ3) is 4.95. The van der Waals surface area contributed by atoms with Crippen LogP contribution < -0.4 is 5.32 Å². The molecular formula is C20H23NO3. The minimum Gasteiger partial charge on any atom is -0.478 e. The summed E-state index contributed by atoms with van der Waals surface area (Å²) in [5.41, 5.74) is 3.39. The minimum absolute atomic E-state index is 0.0355. The molecule has 0 spiro atoms. The molecule has 0 aliphatic carbocycles. The van der Waals surface area contributed by atoms with Crippen molar-refractivity contribution in [2.45, 2.75) is 39.2 Å². The molecule has 0 radical (unpaired) electrons. The van der Waals surface area contributed by atoms with Crippen LogP contribution in [0.2, 0.25) is 0 Å². The number of nitrogens with one attached hydrogen (secondary N) is 1. The molecule has 126 valence electrons. The van der Waals surface area contributed by atoms with Gasteiger partial charge in [-0.3, -0.25) is 4.79 Å². The number of carbonyl (C=O) groups excluding carboxylic acids is 1. The van der Waals surface area contributed by atoms with E-state index >= 15 is 0 Å². The lowest BCUT2D eigenvalue weighted by atomic mass is 10.0. The van der Waals surface area contributed by atoms with Crippen LogP contribution in [0.25, 0.3) is 0 Å². The zero-order valence-corrected chi connectivity index (χ0v) is 14.1. The number of hydrogen-bond donors (Lipinski definition) is 2. The Labute approximate surface area is 142 Å². The van der Waals surface area contributed by atoms with Crippen LogP contribution >= 0.6 is 0 Å². The molecule has 0 heterocycles. The quantitative estimate of drug-likeness (QED) is 0.820. The van der Waals surface area contributed by atoms with Gasteiger partial charge in [-0.1, -0.05) is 42.5 Å². The number of aromatic carboxylic acids is 1. The topological polar surface area (TPSA) is 66.4 Å². The maximum Gasteiger partial charge on any atom is 0.335 e. The fourth-order valence-corrected chi connectivity index (χ4v) is 2.76. The highest BCUT2D eigenvalue weighted by atomic mass is 16.4. The van der Waals surface area contributed by atoms with E-state index in [1.165, 1.54) is 11.1 Å². The van der Waals surface area contributed by atoms with Crippen LogP contribution in [0.1, 0.15) is 40.4 Å². The molecule has 0 aromatic heterocycles. The monoisotopic (exact) mass is 325 g/mol. The molecule has 0 fully saturated rings. The zero-order chi connectivity index (χ0) is 17.5. The lowest BCUT2D eigenvalue weighted by Gasteiger charge is -2.15. The highest BCUT2D eigenvalue weighted by Gasteiger charge is 2.12. The first-order chi connectivity index (χ1) is 11.5. The average molecular weight is 325 g/mol. The third-order valence-corrected chi connectivity index (χ3v) is 4.06. The zero-order valence-electron chi connectivity index (χ0n) is 14.1. The summed E-state index contributed by atoms with van der Waals surface area (Å²) in [7, 11) is 0. The van der Waals surface area contributed by atoms with Gasteiger partial charge in [0.25, 0.3) is 0 Å². The van der Waals surface area contributed by atoms with Gasteiger partial charge in [0.1, 0.15) is 0 Å². The van der Waals surface area contributed by atoms with Gasteiger partial charge in [0.15, 0.2) is 0 Å². The summed E-state index contributed by atoms with van der Waals surface area (Å²) in [5.74, 6) is -1.02. The van der Waals surface area contributed by atoms with Crippen LogP contribution in [-0.4, -0.2) is 23.0 Å². The van der Waals surface area contributed by atoms with Crippen molar-refractivity contribution in [1.29, 1.82) is 0 Å². The van der Waals surface area contributed by atoms with Crippen LogP contribution in [0.15, 0.2) is 48.5 Å². The first-order valence-corrected chi connectivity index (χ1v) is 8.12. The van der Waals surface area contributed by atoms with E-state index < -0.39 is 5.97 Å². The molecule has 4 heteroatoms. The lowest BCUT2D eigenvalue weighted by Crippen LogP contribution is -2.34. The van der Waals surface area contributed by atoms with Crippen molar-refractivity contribution >= 4 is 11.9 Å². The van der Waals surface area contributed by atoms with Crippen molar-refractivity contribution in [2.24, 2.45) is 0 Å². The number of aryl methyl sites for hydroxylation is 2. The van der Waals surface area contributed by atoms with E-state index in [1.54, 1.807) is 24.3 Å². The molecule has 0 saturated heterocycles. The van der Waals surface area contributed by atoms with Crippen molar-refractivity contribution in [3.63, 3.8) is 0 Å². The average Bonchev–Trinajstić information content (AvgIpc) is 2.55. The Morgan fingerprint density at radius 2 is 1.67 bits per heavy atom. The van der Waals surface area contributed by atoms with E-state index in [4.69, 9.17) is 5.11 Å². The summed E-state index contributed by atoms with van der Waals surface area (Å²) in [6.45, 7) is 4.04. The highest BCUT2D eigenvalue weighted by Crippen LogP contribution is 2.12. The summed E-state index contributed by atoms with van der Waals surface area (Å²) in [6, 6.07) is 15.0. The lowest BCUT2D eigenvalue weighted by molar-refractivity contribution is -0.121. The highest BCUT2D eigenvalue weighted by molar-refractivity contribution is 5.89. The van der Waals surface area contributed by atoms with Gasteiger partial charge >= 0.3 is 5.97 Å². The molecule has 1 unspecified atom stereocenters. The smallest absolute Gasteiger partial charge is 0.335 e. The van der Waals surface area contributed by atoms with E-state index in [9.17, 15) is 9.59 Å². The minimum atomic E-state index is -0.959. The molecule has 0 aliphatic heterocycles. The Bertz CT molecular complexity index is 724. The Morgan fingerprint density at radius 3 is 2.33 bits per heavy atom. The molecule has 0 aliphatic rings. The molecule has 2 aromatic rings. The number of carboxylic acid groups (broad SMARTS) is 1. The van der Waals surface area contributed by atoms with Gasteiger partial charge in [-0.05, 0) is 49.4 Å². The number of amides is 1.